The van der Waals surface area contributed by atoms with Crippen molar-refractivity contribution < 1.29 is 29.0 Å². The third kappa shape index (κ3) is 4.27. The Labute approximate surface area is 202 Å². The number of Topliss-reactive ketones (excluding diaryl/α,β-unsaturated/α-hetero) is 1. The predicted octanol–water partition coefficient (Wildman–Crippen LogP) is 4.11. The van der Waals surface area contributed by atoms with Gasteiger partial charge in [0.25, 0.3) is 11.7 Å². The minimum atomic E-state index is -0.715. The van der Waals surface area contributed by atoms with Gasteiger partial charge in [-0.3, -0.25) is 9.59 Å². The molecule has 2 amide bonds. The summed E-state index contributed by atoms with van der Waals surface area (Å²) in [4.78, 5) is 42.7. The van der Waals surface area contributed by atoms with Crippen molar-refractivity contribution in [2.75, 3.05) is 26.8 Å². The molecule has 180 valence electrons. The summed E-state index contributed by atoms with van der Waals surface area (Å²) in [7, 11) is 1.49. The summed E-state index contributed by atoms with van der Waals surface area (Å²) in [5, 5.41) is 13.2. The summed E-state index contributed by atoms with van der Waals surface area (Å²) in [5.41, 5.74) is 1.32. The number of aliphatic hydroxyl groups excluding tert-OH is 1. The van der Waals surface area contributed by atoms with Gasteiger partial charge >= 0.3 is 6.09 Å². The van der Waals surface area contributed by atoms with Crippen LogP contribution in [-0.2, 0) is 14.3 Å². The van der Waals surface area contributed by atoms with E-state index in [2.05, 4.69) is 0 Å². The SMILES string of the molecule is CCOC(=O)N1CCC(N2C(=O)C(=O)/C(=C(\O)c3cc(C)ccc3OC)C2c2cccs2)CC1. The van der Waals surface area contributed by atoms with Crippen molar-refractivity contribution in [2.24, 2.45) is 0 Å². The van der Waals surface area contributed by atoms with E-state index in [-0.39, 0.29) is 23.5 Å². The largest absolute Gasteiger partial charge is 0.507 e. The lowest BCUT2D eigenvalue weighted by molar-refractivity contribution is -0.142. The number of carbonyl (C=O) groups is 3. The highest BCUT2D eigenvalue weighted by Crippen LogP contribution is 2.44. The van der Waals surface area contributed by atoms with E-state index in [1.165, 1.54) is 18.4 Å². The highest BCUT2D eigenvalue weighted by atomic mass is 32.1. The first kappa shape index (κ1) is 23.8. The van der Waals surface area contributed by atoms with Gasteiger partial charge in [0.05, 0.1) is 30.9 Å². The molecule has 0 saturated carbocycles. The molecule has 2 saturated heterocycles. The van der Waals surface area contributed by atoms with Crippen LogP contribution in [0.15, 0.2) is 41.3 Å². The van der Waals surface area contributed by atoms with Gasteiger partial charge in [0.1, 0.15) is 11.5 Å². The Hall–Kier alpha value is -3.33. The maximum Gasteiger partial charge on any atom is 0.409 e. The molecular formula is C25H28N2O6S. The van der Waals surface area contributed by atoms with Gasteiger partial charge in [-0.05, 0) is 50.3 Å². The van der Waals surface area contributed by atoms with E-state index in [0.717, 1.165) is 10.4 Å². The van der Waals surface area contributed by atoms with Gasteiger partial charge in [-0.1, -0.05) is 17.7 Å². The number of nitrogens with zero attached hydrogens (tertiary/aromatic N) is 2. The Morgan fingerprint density at radius 3 is 2.56 bits per heavy atom. The summed E-state index contributed by atoms with van der Waals surface area (Å²) >= 11 is 1.43. The molecule has 1 aromatic heterocycles. The Bertz CT molecular complexity index is 1120. The van der Waals surface area contributed by atoms with Crippen molar-refractivity contribution in [3.8, 4) is 5.75 Å². The maximum absolute atomic E-state index is 13.3. The van der Waals surface area contributed by atoms with Crippen LogP contribution in [0.25, 0.3) is 5.76 Å². The molecule has 1 atom stereocenters. The van der Waals surface area contributed by atoms with Gasteiger partial charge in [0.2, 0.25) is 0 Å². The first-order valence-electron chi connectivity index (χ1n) is 11.3. The van der Waals surface area contributed by atoms with Gasteiger partial charge in [-0.25, -0.2) is 4.79 Å². The molecule has 2 fully saturated rings. The molecule has 1 N–H and O–H groups in total. The minimum Gasteiger partial charge on any atom is -0.507 e. The lowest BCUT2D eigenvalue weighted by Gasteiger charge is -2.38. The Balaban J connectivity index is 1.73. The zero-order valence-electron chi connectivity index (χ0n) is 19.4. The fourth-order valence-corrected chi connectivity index (χ4v) is 5.48. The van der Waals surface area contributed by atoms with E-state index < -0.39 is 17.7 Å². The van der Waals surface area contributed by atoms with E-state index in [1.54, 1.807) is 28.9 Å². The summed E-state index contributed by atoms with van der Waals surface area (Å²) in [6.07, 6.45) is 0.660. The van der Waals surface area contributed by atoms with Crippen LogP contribution in [0.4, 0.5) is 4.79 Å². The smallest absolute Gasteiger partial charge is 0.409 e. The van der Waals surface area contributed by atoms with Gasteiger partial charge in [0.15, 0.2) is 0 Å². The van der Waals surface area contributed by atoms with E-state index in [1.807, 2.05) is 30.5 Å². The molecule has 3 heterocycles. The molecular weight excluding hydrogens is 456 g/mol. The summed E-state index contributed by atoms with van der Waals surface area (Å²) in [6.45, 7) is 4.79. The number of ketones is 1. The van der Waals surface area contributed by atoms with Crippen LogP contribution < -0.4 is 4.74 Å². The number of methoxy groups -OCH3 is 1. The van der Waals surface area contributed by atoms with Crippen LogP contribution in [0.2, 0.25) is 0 Å². The van der Waals surface area contributed by atoms with Crippen molar-refractivity contribution >= 4 is 34.9 Å². The Kier molecular flexibility index (Phi) is 6.92. The van der Waals surface area contributed by atoms with Crippen LogP contribution in [0.1, 0.15) is 41.8 Å². The van der Waals surface area contributed by atoms with E-state index in [0.29, 0.717) is 43.9 Å². The molecule has 9 heteroatoms. The third-order valence-electron chi connectivity index (χ3n) is 6.29. The predicted molar refractivity (Wildman–Crippen MR) is 128 cm³/mol. The first-order valence-corrected chi connectivity index (χ1v) is 12.2. The number of carbonyl (C=O) groups excluding carboxylic acids is 3. The topological polar surface area (TPSA) is 96.4 Å². The number of hydrogen-bond acceptors (Lipinski definition) is 7. The molecule has 4 rings (SSSR count). The van der Waals surface area contributed by atoms with Crippen LogP contribution in [0, 0.1) is 6.92 Å². The molecule has 34 heavy (non-hydrogen) atoms. The number of rotatable bonds is 5. The summed E-state index contributed by atoms with van der Waals surface area (Å²) in [6, 6.07) is 8.08. The standard InChI is InChI=1S/C25H28N2O6S/c1-4-33-25(31)26-11-9-16(10-12-26)27-21(19-6-5-13-34-19)20(23(29)24(27)30)22(28)17-14-15(2)7-8-18(17)32-3/h5-8,13-14,16,21,28H,4,9-12H2,1-3H3/b22-20-. The average Bonchev–Trinajstić information content (AvgIpc) is 3.46. The zero-order valence-corrected chi connectivity index (χ0v) is 20.3. The second kappa shape index (κ2) is 9.89. The number of ether oxygens (including phenoxy) is 2. The lowest BCUT2D eigenvalue weighted by atomic mass is 9.97. The van der Waals surface area contributed by atoms with E-state index >= 15 is 0 Å². The van der Waals surface area contributed by atoms with Crippen molar-refractivity contribution in [3.63, 3.8) is 0 Å². The molecule has 0 bridgehead atoms. The van der Waals surface area contributed by atoms with Gasteiger partial charge in [0, 0.05) is 24.0 Å². The van der Waals surface area contributed by atoms with Crippen LogP contribution in [0.3, 0.4) is 0 Å². The number of aliphatic hydroxyl groups is 1. The highest BCUT2D eigenvalue weighted by Gasteiger charge is 2.50. The maximum atomic E-state index is 13.3. The molecule has 2 aliphatic rings. The molecule has 2 aliphatic heterocycles. The fourth-order valence-electron chi connectivity index (χ4n) is 4.65. The second-order valence-corrected chi connectivity index (χ2v) is 9.32. The summed E-state index contributed by atoms with van der Waals surface area (Å²) < 4.78 is 10.5. The van der Waals surface area contributed by atoms with Crippen LogP contribution >= 0.6 is 11.3 Å². The van der Waals surface area contributed by atoms with Crippen molar-refractivity contribution in [3.05, 3.63) is 57.3 Å². The average molecular weight is 485 g/mol. The number of amides is 2. The van der Waals surface area contributed by atoms with Gasteiger partial charge < -0.3 is 24.4 Å². The van der Waals surface area contributed by atoms with Crippen molar-refractivity contribution in [2.45, 2.75) is 38.8 Å². The number of hydrogen-bond donors (Lipinski definition) is 1. The van der Waals surface area contributed by atoms with Crippen LogP contribution in [0.5, 0.6) is 5.75 Å². The number of benzene rings is 1. The molecule has 0 aliphatic carbocycles. The molecule has 2 aromatic rings. The van der Waals surface area contributed by atoms with Crippen molar-refractivity contribution in [1.29, 1.82) is 0 Å². The third-order valence-corrected chi connectivity index (χ3v) is 7.21. The van der Waals surface area contributed by atoms with E-state index in [4.69, 9.17) is 9.47 Å². The first-order chi connectivity index (χ1) is 16.4. The number of likely N-dealkylation sites (tertiary alicyclic amines) is 2. The number of piperidine rings is 1. The van der Waals surface area contributed by atoms with E-state index in [9.17, 15) is 19.5 Å². The highest BCUT2D eigenvalue weighted by molar-refractivity contribution is 7.10. The normalized spacial score (nSPS) is 20.6. The molecule has 8 nitrogen and oxygen atoms in total. The molecule has 0 spiro atoms. The molecule has 1 unspecified atom stereocenters. The monoisotopic (exact) mass is 484 g/mol. The van der Waals surface area contributed by atoms with Crippen molar-refractivity contribution in [1.82, 2.24) is 9.80 Å². The minimum absolute atomic E-state index is 0.0594. The number of aryl methyl sites for hydroxylation is 1. The van der Waals surface area contributed by atoms with Gasteiger partial charge in [-0.15, -0.1) is 11.3 Å². The lowest BCUT2D eigenvalue weighted by Crippen LogP contribution is -2.48. The Morgan fingerprint density at radius 1 is 1.21 bits per heavy atom. The fraction of sp³-hybridized carbons (Fsp3) is 0.400. The zero-order chi connectivity index (χ0) is 24.4. The van der Waals surface area contributed by atoms with Crippen LogP contribution in [-0.4, -0.2) is 65.5 Å². The Morgan fingerprint density at radius 2 is 1.94 bits per heavy atom. The molecule has 1 aromatic carbocycles. The summed E-state index contributed by atoms with van der Waals surface area (Å²) in [5.74, 6) is -1.18. The second-order valence-electron chi connectivity index (χ2n) is 8.34. The quantitative estimate of drug-likeness (QED) is 0.390. The number of thiophene rings is 1. The molecule has 0 radical (unpaired) electrons. The van der Waals surface area contributed by atoms with Gasteiger partial charge in [-0.2, -0.15) is 0 Å².